The SMILES string of the molecule is COc1c(F)cc(-c2ccc(C(F)(F)F)cc2)cc1C(=O)N[C@H](Cc1ccc(-c2ccc(F)c(Cl)c2)cc1)c1nc(C)no1. The minimum atomic E-state index is -4.54. The molecule has 0 aliphatic rings. The van der Waals surface area contributed by atoms with Gasteiger partial charge < -0.3 is 14.6 Å². The van der Waals surface area contributed by atoms with E-state index in [9.17, 15) is 22.4 Å². The van der Waals surface area contributed by atoms with Gasteiger partial charge in [0.25, 0.3) is 5.91 Å². The van der Waals surface area contributed by atoms with Gasteiger partial charge in [0.15, 0.2) is 17.4 Å². The van der Waals surface area contributed by atoms with Crippen LogP contribution in [-0.2, 0) is 12.6 Å². The molecule has 226 valence electrons. The second-order valence-corrected chi connectivity index (χ2v) is 10.3. The van der Waals surface area contributed by atoms with E-state index in [4.69, 9.17) is 20.9 Å². The third-order valence-electron chi connectivity index (χ3n) is 6.83. The average Bonchev–Trinajstić information content (AvgIpc) is 3.44. The van der Waals surface area contributed by atoms with Crippen LogP contribution in [0.5, 0.6) is 5.75 Å². The van der Waals surface area contributed by atoms with Gasteiger partial charge in [-0.25, -0.2) is 8.78 Å². The van der Waals surface area contributed by atoms with Crippen LogP contribution in [0.2, 0.25) is 5.02 Å². The first kappa shape index (κ1) is 30.7. The molecule has 1 amide bonds. The molecular formula is C32H23ClF5N3O3. The fourth-order valence-corrected chi connectivity index (χ4v) is 4.80. The van der Waals surface area contributed by atoms with Crippen molar-refractivity contribution >= 4 is 17.5 Å². The largest absolute Gasteiger partial charge is 0.493 e. The summed E-state index contributed by atoms with van der Waals surface area (Å²) in [6.07, 6.45) is -4.34. The van der Waals surface area contributed by atoms with Crippen LogP contribution >= 0.6 is 11.6 Å². The van der Waals surface area contributed by atoms with E-state index in [0.29, 0.717) is 11.4 Å². The number of aromatic nitrogens is 2. The number of benzene rings is 4. The van der Waals surface area contributed by atoms with E-state index in [1.807, 2.05) is 12.1 Å². The number of methoxy groups -OCH3 is 1. The molecule has 1 aromatic heterocycles. The number of carbonyl (C=O) groups excluding carboxylic acids is 1. The summed E-state index contributed by atoms with van der Waals surface area (Å²) in [4.78, 5) is 17.8. The maximum atomic E-state index is 15.1. The highest BCUT2D eigenvalue weighted by molar-refractivity contribution is 6.31. The van der Waals surface area contributed by atoms with Gasteiger partial charge in [-0.3, -0.25) is 4.79 Å². The van der Waals surface area contributed by atoms with Gasteiger partial charge in [-0.05, 0) is 71.1 Å². The first-order valence-corrected chi connectivity index (χ1v) is 13.5. The highest BCUT2D eigenvalue weighted by Crippen LogP contribution is 2.34. The molecule has 44 heavy (non-hydrogen) atoms. The van der Waals surface area contributed by atoms with E-state index in [1.54, 1.807) is 25.1 Å². The smallest absolute Gasteiger partial charge is 0.416 e. The Bertz CT molecular complexity index is 1810. The van der Waals surface area contributed by atoms with Gasteiger partial charge in [-0.1, -0.05) is 59.2 Å². The molecule has 0 saturated heterocycles. The maximum absolute atomic E-state index is 15.1. The van der Waals surface area contributed by atoms with Crippen LogP contribution in [0, 0.1) is 18.6 Å². The number of nitrogens with one attached hydrogen (secondary N) is 1. The molecule has 5 aromatic rings. The molecule has 0 saturated carbocycles. The highest BCUT2D eigenvalue weighted by atomic mass is 35.5. The van der Waals surface area contributed by atoms with Crippen molar-refractivity contribution in [1.82, 2.24) is 15.5 Å². The van der Waals surface area contributed by atoms with E-state index in [1.165, 1.54) is 37.4 Å². The first-order chi connectivity index (χ1) is 20.9. The summed E-state index contributed by atoms with van der Waals surface area (Å²) in [5.74, 6) is -2.06. The number of carbonyl (C=O) groups is 1. The molecule has 0 aliphatic carbocycles. The van der Waals surface area contributed by atoms with Crippen LogP contribution in [-0.4, -0.2) is 23.2 Å². The van der Waals surface area contributed by atoms with Crippen molar-refractivity contribution < 1.29 is 36.0 Å². The fourth-order valence-electron chi connectivity index (χ4n) is 4.62. The number of nitrogens with zero attached hydrogens (tertiary/aromatic N) is 2. The summed E-state index contributed by atoms with van der Waals surface area (Å²) >= 11 is 5.92. The lowest BCUT2D eigenvalue weighted by Crippen LogP contribution is -2.30. The molecular weight excluding hydrogens is 605 g/mol. The van der Waals surface area contributed by atoms with Crippen LogP contribution in [0.25, 0.3) is 22.3 Å². The Balaban J connectivity index is 1.43. The molecule has 1 N–H and O–H groups in total. The molecule has 0 radical (unpaired) electrons. The number of alkyl halides is 3. The van der Waals surface area contributed by atoms with Crippen molar-refractivity contribution in [3.63, 3.8) is 0 Å². The van der Waals surface area contributed by atoms with Crippen LogP contribution in [0.1, 0.15) is 39.2 Å². The molecule has 4 aromatic carbocycles. The summed E-state index contributed by atoms with van der Waals surface area (Å²) in [5.41, 5.74) is 1.64. The van der Waals surface area contributed by atoms with Gasteiger partial charge in [0, 0.05) is 6.42 Å². The predicted octanol–water partition coefficient (Wildman–Crippen LogP) is 8.38. The average molecular weight is 628 g/mol. The van der Waals surface area contributed by atoms with Crippen LogP contribution < -0.4 is 10.1 Å². The third kappa shape index (κ3) is 6.73. The minimum Gasteiger partial charge on any atom is -0.493 e. The van der Waals surface area contributed by atoms with Crippen LogP contribution in [0.3, 0.4) is 0 Å². The molecule has 0 aliphatic heterocycles. The summed E-state index contributed by atoms with van der Waals surface area (Å²) in [7, 11) is 1.20. The zero-order chi connectivity index (χ0) is 31.6. The lowest BCUT2D eigenvalue weighted by atomic mass is 9.99. The van der Waals surface area contributed by atoms with Crippen molar-refractivity contribution in [2.45, 2.75) is 25.6 Å². The van der Waals surface area contributed by atoms with Gasteiger partial charge in [-0.15, -0.1) is 0 Å². The van der Waals surface area contributed by atoms with Gasteiger partial charge in [0.2, 0.25) is 5.89 Å². The van der Waals surface area contributed by atoms with Gasteiger partial charge in [-0.2, -0.15) is 18.2 Å². The number of ether oxygens (including phenoxy) is 1. The topological polar surface area (TPSA) is 77.2 Å². The molecule has 1 heterocycles. The Kier molecular flexibility index (Phi) is 8.68. The second-order valence-electron chi connectivity index (χ2n) is 9.85. The maximum Gasteiger partial charge on any atom is 0.416 e. The van der Waals surface area contributed by atoms with E-state index in [0.717, 1.165) is 29.3 Å². The monoisotopic (exact) mass is 627 g/mol. The number of rotatable bonds is 8. The normalized spacial score (nSPS) is 12.2. The van der Waals surface area contributed by atoms with Gasteiger partial charge in [0.05, 0.1) is 23.3 Å². The fraction of sp³-hybridized carbons (Fsp3) is 0.156. The summed E-state index contributed by atoms with van der Waals surface area (Å²) in [6.45, 7) is 1.61. The third-order valence-corrected chi connectivity index (χ3v) is 7.12. The first-order valence-electron chi connectivity index (χ1n) is 13.1. The Morgan fingerprint density at radius 2 is 1.55 bits per heavy atom. The standard InChI is InChI=1S/C32H23ClF5N3O3/c1-17-39-31(44-41-17)28(13-18-3-5-19(6-4-18)21-9-12-26(34)25(33)15-21)40-30(42)24-14-22(16-27(35)29(24)43-2)20-7-10-23(11-8-20)32(36,37)38/h3-12,14-16,28H,13H2,1-2H3,(H,40,42)/t28-/m1/s1. The molecule has 12 heteroatoms. The Morgan fingerprint density at radius 1 is 0.909 bits per heavy atom. The number of hydrogen-bond acceptors (Lipinski definition) is 5. The number of hydrogen-bond donors (Lipinski definition) is 1. The lowest BCUT2D eigenvalue weighted by Gasteiger charge is -2.18. The molecule has 0 fully saturated rings. The summed E-state index contributed by atoms with van der Waals surface area (Å²) in [6, 6.07) is 17.3. The lowest BCUT2D eigenvalue weighted by molar-refractivity contribution is -0.137. The molecule has 1 atom stereocenters. The van der Waals surface area contributed by atoms with Crippen molar-refractivity contribution in [2.75, 3.05) is 7.11 Å². The number of halogens is 6. The van der Waals surface area contributed by atoms with Gasteiger partial charge >= 0.3 is 6.18 Å². The second kappa shape index (κ2) is 12.5. The molecule has 0 spiro atoms. The zero-order valence-electron chi connectivity index (χ0n) is 23.2. The Hall–Kier alpha value is -4.77. The van der Waals surface area contributed by atoms with Crippen molar-refractivity contribution in [3.05, 3.63) is 124 Å². The van der Waals surface area contributed by atoms with Crippen LogP contribution in [0.15, 0.2) is 83.4 Å². The van der Waals surface area contributed by atoms with Gasteiger partial charge in [0.1, 0.15) is 11.9 Å². The van der Waals surface area contributed by atoms with E-state index >= 15 is 4.39 Å². The van der Waals surface area contributed by atoms with Crippen molar-refractivity contribution in [1.29, 1.82) is 0 Å². The summed E-state index contributed by atoms with van der Waals surface area (Å²) < 4.78 is 78.3. The van der Waals surface area contributed by atoms with Crippen LogP contribution in [0.4, 0.5) is 22.0 Å². The highest BCUT2D eigenvalue weighted by Gasteiger charge is 2.30. The summed E-state index contributed by atoms with van der Waals surface area (Å²) in [5, 5.41) is 6.60. The molecule has 5 rings (SSSR count). The predicted molar refractivity (Wildman–Crippen MR) is 153 cm³/mol. The number of amides is 1. The minimum absolute atomic E-state index is 0.00428. The Morgan fingerprint density at radius 3 is 2.14 bits per heavy atom. The molecule has 0 bridgehead atoms. The number of aryl methyl sites for hydroxylation is 1. The Labute approximate surface area is 253 Å². The quantitative estimate of drug-likeness (QED) is 0.175. The molecule has 0 unspecified atom stereocenters. The van der Waals surface area contributed by atoms with Crippen molar-refractivity contribution in [3.8, 4) is 28.0 Å². The van der Waals surface area contributed by atoms with E-state index in [2.05, 4.69) is 15.5 Å². The molecule has 6 nitrogen and oxygen atoms in total. The van der Waals surface area contributed by atoms with E-state index < -0.39 is 35.3 Å². The zero-order valence-corrected chi connectivity index (χ0v) is 23.9. The van der Waals surface area contributed by atoms with Crippen molar-refractivity contribution in [2.24, 2.45) is 0 Å². The van der Waals surface area contributed by atoms with E-state index in [-0.39, 0.29) is 39.8 Å².